The number of hydrogen-bond donors (Lipinski definition) is 1. The van der Waals surface area contributed by atoms with Crippen LogP contribution in [0.1, 0.15) is 16.7 Å². The summed E-state index contributed by atoms with van der Waals surface area (Å²) in [6, 6.07) is 14.0. The van der Waals surface area contributed by atoms with Gasteiger partial charge in [0, 0.05) is 10.0 Å². The predicted molar refractivity (Wildman–Crippen MR) is 137 cm³/mol. The van der Waals surface area contributed by atoms with Crippen molar-refractivity contribution in [2.45, 2.75) is 13.5 Å². The maximum Gasteiger partial charge on any atom is 0.335 e. The van der Waals surface area contributed by atoms with Crippen LogP contribution in [-0.4, -0.2) is 17.8 Å². The van der Waals surface area contributed by atoms with Crippen molar-refractivity contribution >= 4 is 76.0 Å². The number of halogens is 4. The molecule has 0 aliphatic carbocycles. The minimum atomic E-state index is -0.872. The van der Waals surface area contributed by atoms with E-state index in [-0.39, 0.29) is 33.7 Å². The summed E-state index contributed by atoms with van der Waals surface area (Å²) >= 11 is 24.8. The highest BCUT2D eigenvalue weighted by Gasteiger charge is 2.37. The molecule has 1 heterocycles. The molecule has 3 aromatic carbocycles. The van der Waals surface area contributed by atoms with Gasteiger partial charge in [-0.1, -0.05) is 64.6 Å². The quantitative estimate of drug-likeness (QED) is 0.279. The number of anilines is 1. The number of nitrogens with zero attached hydrogens (tertiary/aromatic N) is 1. The second-order valence-corrected chi connectivity index (χ2v) is 9.31. The lowest BCUT2D eigenvalue weighted by molar-refractivity contribution is -0.122. The van der Waals surface area contributed by atoms with Crippen molar-refractivity contribution in [3.8, 4) is 5.75 Å². The van der Waals surface area contributed by atoms with Crippen molar-refractivity contribution in [3.63, 3.8) is 0 Å². The number of rotatable bonds is 5. The average Bonchev–Trinajstić information content (AvgIpc) is 2.78. The molecule has 10 heteroatoms. The van der Waals surface area contributed by atoms with Gasteiger partial charge < -0.3 is 4.74 Å². The Balaban J connectivity index is 1.63. The van der Waals surface area contributed by atoms with Gasteiger partial charge in [-0.25, -0.2) is 9.69 Å². The summed E-state index contributed by atoms with van der Waals surface area (Å²) in [7, 11) is 0. The van der Waals surface area contributed by atoms with Crippen molar-refractivity contribution in [1.82, 2.24) is 5.32 Å². The zero-order valence-corrected chi connectivity index (χ0v) is 21.1. The molecule has 0 spiro atoms. The Labute approximate surface area is 221 Å². The Morgan fingerprint density at radius 2 is 1.60 bits per heavy atom. The summed E-state index contributed by atoms with van der Waals surface area (Å²) in [5, 5.41) is 3.43. The maximum absolute atomic E-state index is 13.2. The van der Waals surface area contributed by atoms with Gasteiger partial charge in [-0.05, 0) is 66.1 Å². The van der Waals surface area contributed by atoms with Crippen molar-refractivity contribution in [1.29, 1.82) is 0 Å². The van der Waals surface area contributed by atoms with E-state index in [2.05, 4.69) is 5.32 Å². The van der Waals surface area contributed by atoms with E-state index >= 15 is 0 Å². The first kappa shape index (κ1) is 25.1. The zero-order valence-electron chi connectivity index (χ0n) is 18.1. The number of carbonyl (C=O) groups excluding carboxylic acids is 3. The molecule has 35 heavy (non-hydrogen) atoms. The van der Waals surface area contributed by atoms with E-state index < -0.39 is 17.8 Å². The van der Waals surface area contributed by atoms with Gasteiger partial charge in [-0.3, -0.25) is 14.9 Å². The number of nitrogens with one attached hydrogen (secondary N) is 1. The summed E-state index contributed by atoms with van der Waals surface area (Å²) in [6.07, 6.45) is 1.30. The van der Waals surface area contributed by atoms with Gasteiger partial charge in [-0.2, -0.15) is 0 Å². The molecule has 1 aliphatic rings. The molecule has 0 saturated carbocycles. The lowest BCUT2D eigenvalue weighted by Crippen LogP contribution is -2.54. The predicted octanol–water partition coefficient (Wildman–Crippen LogP) is 6.85. The topological polar surface area (TPSA) is 75.7 Å². The number of hydrogen-bond acceptors (Lipinski definition) is 4. The van der Waals surface area contributed by atoms with Crippen LogP contribution in [0.2, 0.25) is 20.1 Å². The molecule has 1 N–H and O–H groups in total. The highest BCUT2D eigenvalue weighted by Crippen LogP contribution is 2.36. The normalized spacial score (nSPS) is 14.9. The van der Waals surface area contributed by atoms with Crippen LogP contribution in [0.3, 0.4) is 0 Å². The van der Waals surface area contributed by atoms with E-state index in [1.807, 2.05) is 6.07 Å². The smallest absolute Gasteiger partial charge is 0.335 e. The first-order valence-corrected chi connectivity index (χ1v) is 11.7. The average molecular weight is 550 g/mol. The van der Waals surface area contributed by atoms with Gasteiger partial charge in [-0.15, -0.1) is 0 Å². The molecule has 6 nitrogen and oxygen atoms in total. The molecule has 1 fully saturated rings. The summed E-state index contributed by atoms with van der Waals surface area (Å²) in [5.74, 6) is -1.41. The zero-order chi connectivity index (χ0) is 25.3. The van der Waals surface area contributed by atoms with Crippen LogP contribution in [-0.2, 0) is 16.2 Å². The number of imide groups is 2. The largest absolute Gasteiger partial charge is 0.486 e. The number of barbiturate groups is 1. The van der Waals surface area contributed by atoms with Crippen molar-refractivity contribution in [3.05, 3.63) is 97.0 Å². The molecule has 4 rings (SSSR count). The third-order valence-electron chi connectivity index (χ3n) is 5.12. The monoisotopic (exact) mass is 548 g/mol. The third kappa shape index (κ3) is 5.46. The van der Waals surface area contributed by atoms with E-state index in [1.54, 1.807) is 37.3 Å². The van der Waals surface area contributed by atoms with Crippen LogP contribution in [0, 0.1) is 6.92 Å². The van der Waals surface area contributed by atoms with E-state index in [0.29, 0.717) is 21.2 Å². The standard InChI is InChI=1S/C25H16Cl4N2O4/c1-13-5-6-17(27)11-21(13)31-24(33)18(23(32)30-25(31)34)8-15-9-19(28)22(20(29)10-15)35-12-14-3-2-4-16(26)7-14/h2-11H,12H2,1H3,(H,30,32,34)/b18-8+. The van der Waals surface area contributed by atoms with Crippen LogP contribution < -0.4 is 15.0 Å². The second-order valence-electron chi connectivity index (χ2n) is 7.62. The number of carbonyl (C=O) groups is 3. The summed E-state index contributed by atoms with van der Waals surface area (Å²) in [5.41, 5.74) is 1.80. The Bertz CT molecular complexity index is 1380. The fourth-order valence-corrected chi connectivity index (χ4v) is 4.44. The van der Waals surface area contributed by atoms with E-state index in [1.165, 1.54) is 24.3 Å². The van der Waals surface area contributed by atoms with Crippen LogP contribution in [0.5, 0.6) is 5.75 Å². The van der Waals surface area contributed by atoms with Crippen LogP contribution in [0.25, 0.3) is 6.08 Å². The van der Waals surface area contributed by atoms with Gasteiger partial charge in [0.1, 0.15) is 12.2 Å². The Morgan fingerprint density at radius 1 is 0.914 bits per heavy atom. The number of urea groups is 1. The molecule has 0 unspecified atom stereocenters. The van der Waals surface area contributed by atoms with Crippen molar-refractivity contribution in [2.24, 2.45) is 0 Å². The minimum Gasteiger partial charge on any atom is -0.486 e. The first-order chi connectivity index (χ1) is 16.6. The number of aryl methyl sites for hydroxylation is 1. The highest BCUT2D eigenvalue weighted by atomic mass is 35.5. The SMILES string of the molecule is Cc1ccc(Cl)cc1N1C(=O)NC(=O)/C(=C\c2cc(Cl)c(OCc3cccc(Cl)c3)c(Cl)c2)C1=O. The molecule has 3 aromatic rings. The maximum atomic E-state index is 13.2. The Hall–Kier alpha value is -3.03. The lowest BCUT2D eigenvalue weighted by atomic mass is 10.1. The molecule has 1 aliphatic heterocycles. The third-order valence-corrected chi connectivity index (χ3v) is 6.15. The number of benzene rings is 3. The van der Waals surface area contributed by atoms with Crippen LogP contribution in [0.15, 0.2) is 60.2 Å². The van der Waals surface area contributed by atoms with Gasteiger partial charge in [0.05, 0.1) is 15.7 Å². The number of amides is 4. The fourth-order valence-electron chi connectivity index (χ4n) is 3.45. The van der Waals surface area contributed by atoms with E-state index in [4.69, 9.17) is 51.1 Å². The molecule has 0 radical (unpaired) electrons. The van der Waals surface area contributed by atoms with Crippen LogP contribution in [0.4, 0.5) is 10.5 Å². The fraction of sp³-hybridized carbons (Fsp3) is 0.0800. The molecule has 178 valence electrons. The molecule has 0 atom stereocenters. The van der Waals surface area contributed by atoms with Gasteiger partial charge >= 0.3 is 6.03 Å². The van der Waals surface area contributed by atoms with Crippen molar-refractivity contribution in [2.75, 3.05) is 4.90 Å². The van der Waals surface area contributed by atoms with Crippen LogP contribution >= 0.6 is 46.4 Å². The van der Waals surface area contributed by atoms with Gasteiger partial charge in [0.25, 0.3) is 11.8 Å². The summed E-state index contributed by atoms with van der Waals surface area (Å²) in [6.45, 7) is 1.89. The molecule has 0 aromatic heterocycles. The minimum absolute atomic E-state index is 0.175. The highest BCUT2D eigenvalue weighted by molar-refractivity contribution is 6.40. The van der Waals surface area contributed by atoms with Gasteiger partial charge in [0.15, 0.2) is 5.75 Å². The molecule has 0 bridgehead atoms. The van der Waals surface area contributed by atoms with E-state index in [9.17, 15) is 14.4 Å². The molecule has 1 saturated heterocycles. The Kier molecular flexibility index (Phi) is 7.38. The lowest BCUT2D eigenvalue weighted by Gasteiger charge is -2.27. The van der Waals surface area contributed by atoms with Crippen molar-refractivity contribution < 1.29 is 19.1 Å². The molecule has 4 amide bonds. The first-order valence-electron chi connectivity index (χ1n) is 10.2. The Morgan fingerprint density at radius 3 is 2.29 bits per heavy atom. The van der Waals surface area contributed by atoms with Gasteiger partial charge in [0.2, 0.25) is 0 Å². The summed E-state index contributed by atoms with van der Waals surface area (Å²) in [4.78, 5) is 39.0. The molecular weight excluding hydrogens is 534 g/mol. The van der Waals surface area contributed by atoms with E-state index in [0.717, 1.165) is 10.5 Å². The second kappa shape index (κ2) is 10.3. The number of ether oxygens (including phenoxy) is 1. The molecular formula is C25H16Cl4N2O4. The summed E-state index contributed by atoms with van der Waals surface area (Å²) < 4.78 is 5.75.